The first kappa shape index (κ1) is 12.3. The lowest BCUT2D eigenvalue weighted by Crippen LogP contribution is -2.20. The van der Waals surface area contributed by atoms with E-state index in [2.05, 4.69) is 5.10 Å². The largest absolute Gasteiger partial charge is 0.476 e. The summed E-state index contributed by atoms with van der Waals surface area (Å²) in [6.07, 6.45) is 1.26. The van der Waals surface area contributed by atoms with Gasteiger partial charge in [-0.15, -0.1) is 0 Å². The maximum Gasteiger partial charge on any atom is 0.360 e. The second kappa shape index (κ2) is 4.58. The molecule has 92 valence electrons. The van der Waals surface area contributed by atoms with Gasteiger partial charge in [0.1, 0.15) is 5.82 Å². The molecule has 0 radical (unpaired) electrons. The molecule has 0 bridgehead atoms. The molecule has 7 heteroatoms. The minimum absolute atomic E-state index is 0.0579. The summed E-state index contributed by atoms with van der Waals surface area (Å²) in [5.41, 5.74) is -1.06. The molecule has 2 aromatic rings. The van der Waals surface area contributed by atoms with Crippen LogP contribution in [0.3, 0.4) is 0 Å². The highest BCUT2D eigenvalue weighted by Gasteiger charge is 2.12. The minimum atomic E-state index is -1.44. The fraction of sp³-hybridized carbons (Fsp3) is 0. The number of rotatable bonds is 2. The quantitative estimate of drug-likeness (QED) is 0.900. The van der Waals surface area contributed by atoms with Gasteiger partial charge in [0.2, 0.25) is 11.1 Å². The van der Waals surface area contributed by atoms with E-state index in [0.717, 1.165) is 22.9 Å². The summed E-state index contributed by atoms with van der Waals surface area (Å²) in [5.74, 6) is -1.96. The zero-order valence-corrected chi connectivity index (χ0v) is 9.56. The van der Waals surface area contributed by atoms with Crippen LogP contribution in [0.15, 0.2) is 35.3 Å². The number of carbonyl (C=O) groups is 1. The van der Waals surface area contributed by atoms with E-state index >= 15 is 0 Å². The van der Waals surface area contributed by atoms with Gasteiger partial charge in [0.05, 0.1) is 10.7 Å². The van der Waals surface area contributed by atoms with Crippen molar-refractivity contribution in [1.82, 2.24) is 9.78 Å². The first-order valence-corrected chi connectivity index (χ1v) is 5.15. The van der Waals surface area contributed by atoms with Crippen LogP contribution in [0.4, 0.5) is 4.39 Å². The molecule has 1 N–H and O–H groups in total. The first-order chi connectivity index (χ1) is 8.49. The third-order valence-electron chi connectivity index (χ3n) is 2.17. The van der Waals surface area contributed by atoms with Crippen LogP contribution in [0.2, 0.25) is 5.02 Å². The van der Waals surface area contributed by atoms with Crippen LogP contribution in [0.25, 0.3) is 5.69 Å². The van der Waals surface area contributed by atoms with Crippen LogP contribution >= 0.6 is 11.6 Å². The third-order valence-corrected chi connectivity index (χ3v) is 2.47. The number of carboxylic acids is 1. The summed E-state index contributed by atoms with van der Waals surface area (Å²) in [6, 6.07) is 4.61. The Hall–Kier alpha value is -2.21. The zero-order chi connectivity index (χ0) is 13.3. The number of nitrogens with zero attached hydrogens (tertiary/aromatic N) is 2. The van der Waals surface area contributed by atoms with Crippen molar-refractivity contribution in [3.63, 3.8) is 0 Å². The summed E-state index contributed by atoms with van der Waals surface area (Å²) < 4.78 is 14.0. The molecule has 0 aliphatic rings. The summed E-state index contributed by atoms with van der Waals surface area (Å²) in [7, 11) is 0. The van der Waals surface area contributed by atoms with Crippen LogP contribution < -0.4 is 5.43 Å². The van der Waals surface area contributed by atoms with E-state index in [-0.39, 0.29) is 10.7 Å². The standard InChI is InChI=1S/C11H6ClFN2O3/c12-7-5-6(13)1-2-8(7)15-4-3-9(16)10(14-15)11(17)18/h1-5H,(H,17,18). The van der Waals surface area contributed by atoms with E-state index in [4.69, 9.17) is 16.7 Å². The Kier molecular flexibility index (Phi) is 3.12. The van der Waals surface area contributed by atoms with Crippen LogP contribution in [-0.4, -0.2) is 20.9 Å². The average Bonchev–Trinajstić information content (AvgIpc) is 2.30. The highest BCUT2D eigenvalue weighted by atomic mass is 35.5. The summed E-state index contributed by atoms with van der Waals surface area (Å²) in [5, 5.41) is 12.5. The van der Waals surface area contributed by atoms with Crippen molar-refractivity contribution in [2.24, 2.45) is 0 Å². The zero-order valence-electron chi connectivity index (χ0n) is 8.80. The lowest BCUT2D eigenvalue weighted by Gasteiger charge is -2.07. The SMILES string of the molecule is O=C(O)c1nn(-c2ccc(F)cc2Cl)ccc1=O. The number of carboxylic acid groups (broad SMARTS) is 1. The first-order valence-electron chi connectivity index (χ1n) is 4.78. The van der Waals surface area contributed by atoms with Gasteiger partial charge >= 0.3 is 5.97 Å². The van der Waals surface area contributed by atoms with Gasteiger partial charge in [-0.1, -0.05) is 11.6 Å². The molecule has 1 aromatic heterocycles. The Bertz CT molecular complexity index is 684. The monoisotopic (exact) mass is 268 g/mol. The molecule has 1 heterocycles. The van der Waals surface area contributed by atoms with Gasteiger partial charge < -0.3 is 5.11 Å². The number of benzene rings is 1. The third kappa shape index (κ3) is 2.23. The molecule has 0 spiro atoms. The maximum absolute atomic E-state index is 12.9. The predicted octanol–water partition coefficient (Wildman–Crippen LogP) is 1.72. The predicted molar refractivity (Wildman–Crippen MR) is 61.8 cm³/mol. The Morgan fingerprint density at radius 1 is 1.39 bits per heavy atom. The van der Waals surface area contributed by atoms with Crippen molar-refractivity contribution in [2.75, 3.05) is 0 Å². The Morgan fingerprint density at radius 2 is 2.11 bits per heavy atom. The number of halogens is 2. The Balaban J connectivity index is 2.61. The van der Waals surface area contributed by atoms with E-state index < -0.39 is 22.9 Å². The summed E-state index contributed by atoms with van der Waals surface area (Å²) >= 11 is 5.81. The molecule has 0 amide bonds. The molecule has 0 unspecified atom stereocenters. The molecular formula is C11H6ClFN2O3. The van der Waals surface area contributed by atoms with E-state index in [1.54, 1.807) is 0 Å². The van der Waals surface area contributed by atoms with Crippen molar-refractivity contribution in [3.05, 3.63) is 57.2 Å². The molecule has 1 aromatic carbocycles. The van der Waals surface area contributed by atoms with Gasteiger partial charge in [-0.2, -0.15) is 5.10 Å². The van der Waals surface area contributed by atoms with Gasteiger partial charge in [0.25, 0.3) is 0 Å². The topological polar surface area (TPSA) is 72.2 Å². The van der Waals surface area contributed by atoms with E-state index in [9.17, 15) is 14.0 Å². The number of aromatic carboxylic acids is 1. The van der Waals surface area contributed by atoms with Gasteiger partial charge in [-0.05, 0) is 18.2 Å². The molecule has 0 saturated carbocycles. The molecule has 0 atom stereocenters. The highest BCUT2D eigenvalue weighted by Crippen LogP contribution is 2.20. The van der Waals surface area contributed by atoms with Crippen molar-refractivity contribution >= 4 is 17.6 Å². The Morgan fingerprint density at radius 3 is 2.72 bits per heavy atom. The van der Waals surface area contributed by atoms with E-state index in [1.165, 1.54) is 12.3 Å². The van der Waals surface area contributed by atoms with Crippen molar-refractivity contribution in [1.29, 1.82) is 0 Å². The normalized spacial score (nSPS) is 10.3. The lowest BCUT2D eigenvalue weighted by atomic mass is 10.3. The second-order valence-corrected chi connectivity index (χ2v) is 3.78. The molecule has 5 nitrogen and oxygen atoms in total. The van der Waals surface area contributed by atoms with Crippen LogP contribution in [0, 0.1) is 5.82 Å². The van der Waals surface area contributed by atoms with E-state index in [1.807, 2.05) is 0 Å². The molecule has 0 aliphatic carbocycles. The van der Waals surface area contributed by atoms with Gasteiger partial charge in [0.15, 0.2) is 0 Å². The molecule has 0 aliphatic heterocycles. The summed E-state index contributed by atoms with van der Waals surface area (Å²) in [4.78, 5) is 22.0. The van der Waals surface area contributed by atoms with Crippen molar-refractivity contribution in [3.8, 4) is 5.69 Å². The van der Waals surface area contributed by atoms with Crippen molar-refractivity contribution in [2.45, 2.75) is 0 Å². The fourth-order valence-corrected chi connectivity index (χ4v) is 1.61. The summed E-state index contributed by atoms with van der Waals surface area (Å²) in [6.45, 7) is 0. The van der Waals surface area contributed by atoms with Crippen LogP contribution in [0.5, 0.6) is 0 Å². The number of hydrogen-bond acceptors (Lipinski definition) is 3. The molecular weight excluding hydrogens is 263 g/mol. The van der Waals surface area contributed by atoms with Crippen molar-refractivity contribution < 1.29 is 14.3 Å². The molecule has 2 rings (SSSR count). The minimum Gasteiger partial charge on any atom is -0.476 e. The maximum atomic E-state index is 12.9. The smallest absolute Gasteiger partial charge is 0.360 e. The second-order valence-electron chi connectivity index (χ2n) is 3.37. The van der Waals surface area contributed by atoms with Gasteiger partial charge in [-0.3, -0.25) is 4.79 Å². The number of hydrogen-bond donors (Lipinski definition) is 1. The molecule has 18 heavy (non-hydrogen) atoms. The number of aromatic nitrogens is 2. The fourth-order valence-electron chi connectivity index (χ4n) is 1.36. The average molecular weight is 269 g/mol. The van der Waals surface area contributed by atoms with E-state index in [0.29, 0.717) is 0 Å². The van der Waals surface area contributed by atoms with Gasteiger partial charge in [-0.25, -0.2) is 13.9 Å². The Labute approximate surface area is 105 Å². The van der Waals surface area contributed by atoms with Crippen LogP contribution in [0.1, 0.15) is 10.5 Å². The molecule has 0 fully saturated rings. The molecule has 0 saturated heterocycles. The lowest BCUT2D eigenvalue weighted by molar-refractivity contribution is 0.0687. The van der Waals surface area contributed by atoms with Crippen LogP contribution in [-0.2, 0) is 0 Å². The highest BCUT2D eigenvalue weighted by molar-refractivity contribution is 6.32. The van der Waals surface area contributed by atoms with Gasteiger partial charge in [0, 0.05) is 12.3 Å².